The maximum absolute atomic E-state index is 6.07. The van der Waals surface area contributed by atoms with E-state index in [1.807, 2.05) is 0 Å². The minimum Gasteiger partial charge on any atom is -0.375 e. The fourth-order valence-corrected chi connectivity index (χ4v) is 3.59. The van der Waals surface area contributed by atoms with Crippen molar-refractivity contribution in [3.8, 4) is 0 Å². The van der Waals surface area contributed by atoms with Crippen LogP contribution in [0.4, 0.5) is 5.69 Å². The Kier molecular flexibility index (Phi) is 4.27. The number of hydrogen-bond acceptors (Lipinski definition) is 3. The normalized spacial score (nSPS) is 24.4. The summed E-state index contributed by atoms with van der Waals surface area (Å²) in [4.78, 5) is 2.56. The summed E-state index contributed by atoms with van der Waals surface area (Å²) in [5.41, 5.74) is 7.27. The lowest BCUT2D eigenvalue weighted by molar-refractivity contribution is -0.132. The molecule has 0 bridgehead atoms. The highest BCUT2D eigenvalue weighted by atomic mass is 16.5. The zero-order valence-corrected chi connectivity index (χ0v) is 12.3. The molecule has 1 aromatic carbocycles. The topological polar surface area (TPSA) is 38.5 Å². The molecular formula is C17H26N2O. The Morgan fingerprint density at radius 3 is 2.70 bits per heavy atom. The molecular weight excluding hydrogens is 248 g/mol. The summed E-state index contributed by atoms with van der Waals surface area (Å²) in [6, 6.07) is 11.4. The van der Waals surface area contributed by atoms with Crippen LogP contribution in [0.15, 0.2) is 30.3 Å². The quantitative estimate of drug-likeness (QED) is 0.897. The fourth-order valence-electron chi connectivity index (χ4n) is 3.59. The molecule has 1 spiro atoms. The molecule has 3 heteroatoms. The van der Waals surface area contributed by atoms with Crippen LogP contribution in [0.3, 0.4) is 0 Å². The van der Waals surface area contributed by atoms with Crippen LogP contribution in [0.25, 0.3) is 0 Å². The molecule has 3 nitrogen and oxygen atoms in total. The van der Waals surface area contributed by atoms with Gasteiger partial charge < -0.3 is 15.4 Å². The van der Waals surface area contributed by atoms with E-state index in [-0.39, 0.29) is 5.60 Å². The van der Waals surface area contributed by atoms with E-state index in [0.717, 1.165) is 32.5 Å². The number of rotatable bonds is 5. The predicted octanol–water partition coefficient (Wildman–Crippen LogP) is 2.94. The van der Waals surface area contributed by atoms with Gasteiger partial charge in [-0.1, -0.05) is 18.2 Å². The van der Waals surface area contributed by atoms with Gasteiger partial charge >= 0.3 is 0 Å². The summed E-state index contributed by atoms with van der Waals surface area (Å²) in [5, 5.41) is 0. The molecule has 1 heterocycles. The molecule has 0 radical (unpaired) electrons. The minimum absolute atomic E-state index is 0.207. The standard InChI is InChI=1S/C17H26N2O/c18-11-5-12-19(15-6-2-1-3-7-15)16-8-13-20-17(14-16)9-4-10-17/h1-3,6-7,16H,4-5,8-14,18H2. The van der Waals surface area contributed by atoms with Crippen molar-refractivity contribution in [2.45, 2.75) is 50.2 Å². The molecule has 1 saturated heterocycles. The first-order valence-electron chi connectivity index (χ1n) is 7.99. The van der Waals surface area contributed by atoms with E-state index in [1.165, 1.54) is 31.4 Å². The van der Waals surface area contributed by atoms with Gasteiger partial charge in [0.2, 0.25) is 0 Å². The SMILES string of the molecule is NCCCN(c1ccccc1)C1CCOC2(CCC2)C1. The molecule has 1 aliphatic carbocycles. The van der Waals surface area contributed by atoms with Gasteiger partial charge in [-0.2, -0.15) is 0 Å². The van der Waals surface area contributed by atoms with Crippen LogP contribution in [0.1, 0.15) is 38.5 Å². The van der Waals surface area contributed by atoms with E-state index in [4.69, 9.17) is 10.5 Å². The van der Waals surface area contributed by atoms with E-state index in [1.54, 1.807) is 0 Å². The first-order valence-corrected chi connectivity index (χ1v) is 7.99. The highest BCUT2D eigenvalue weighted by molar-refractivity contribution is 5.47. The van der Waals surface area contributed by atoms with Crippen LogP contribution in [-0.2, 0) is 4.74 Å². The van der Waals surface area contributed by atoms with Gasteiger partial charge in [-0.05, 0) is 57.2 Å². The van der Waals surface area contributed by atoms with Crippen LogP contribution in [0.5, 0.6) is 0 Å². The molecule has 1 saturated carbocycles. The Labute approximate surface area is 122 Å². The zero-order valence-electron chi connectivity index (χ0n) is 12.3. The maximum atomic E-state index is 6.07. The van der Waals surface area contributed by atoms with Gasteiger partial charge in [-0.15, -0.1) is 0 Å². The Balaban J connectivity index is 1.74. The molecule has 1 unspecified atom stereocenters. The van der Waals surface area contributed by atoms with E-state index < -0.39 is 0 Å². The second-order valence-electron chi connectivity index (χ2n) is 6.20. The highest BCUT2D eigenvalue weighted by Crippen LogP contribution is 2.44. The lowest BCUT2D eigenvalue weighted by Crippen LogP contribution is -2.52. The first kappa shape index (κ1) is 13.9. The van der Waals surface area contributed by atoms with E-state index in [9.17, 15) is 0 Å². The highest BCUT2D eigenvalue weighted by Gasteiger charge is 2.43. The molecule has 0 aromatic heterocycles. The van der Waals surface area contributed by atoms with Gasteiger partial charge in [0.25, 0.3) is 0 Å². The van der Waals surface area contributed by atoms with Crippen molar-refractivity contribution in [3.05, 3.63) is 30.3 Å². The molecule has 3 rings (SSSR count). The lowest BCUT2D eigenvalue weighted by Gasteiger charge is -2.50. The van der Waals surface area contributed by atoms with Gasteiger partial charge in [-0.3, -0.25) is 0 Å². The molecule has 2 N–H and O–H groups in total. The van der Waals surface area contributed by atoms with E-state index in [0.29, 0.717) is 6.04 Å². The van der Waals surface area contributed by atoms with E-state index in [2.05, 4.69) is 35.2 Å². The van der Waals surface area contributed by atoms with Crippen molar-refractivity contribution in [1.29, 1.82) is 0 Å². The van der Waals surface area contributed by atoms with Gasteiger partial charge in [0.1, 0.15) is 0 Å². The summed E-state index contributed by atoms with van der Waals surface area (Å²) >= 11 is 0. The zero-order chi connectivity index (χ0) is 13.8. The Bertz CT molecular complexity index is 416. The summed E-state index contributed by atoms with van der Waals surface area (Å²) in [6.45, 7) is 2.73. The summed E-state index contributed by atoms with van der Waals surface area (Å²) in [7, 11) is 0. The third-order valence-electron chi connectivity index (χ3n) is 4.86. The molecule has 20 heavy (non-hydrogen) atoms. The van der Waals surface area contributed by atoms with Crippen LogP contribution in [0.2, 0.25) is 0 Å². The van der Waals surface area contributed by atoms with Crippen LogP contribution < -0.4 is 10.6 Å². The number of para-hydroxylation sites is 1. The number of nitrogens with zero attached hydrogens (tertiary/aromatic N) is 1. The second kappa shape index (κ2) is 6.15. The Hall–Kier alpha value is -1.06. The van der Waals surface area contributed by atoms with Crippen molar-refractivity contribution in [3.63, 3.8) is 0 Å². The maximum Gasteiger partial charge on any atom is 0.0702 e. The van der Waals surface area contributed by atoms with Crippen LogP contribution >= 0.6 is 0 Å². The average molecular weight is 274 g/mol. The summed E-state index contributed by atoms with van der Waals surface area (Å²) in [6.07, 6.45) is 7.22. The van der Waals surface area contributed by atoms with Crippen molar-refractivity contribution in [1.82, 2.24) is 0 Å². The molecule has 1 atom stereocenters. The molecule has 110 valence electrons. The molecule has 0 amide bonds. The number of benzene rings is 1. The van der Waals surface area contributed by atoms with Crippen LogP contribution in [0, 0.1) is 0 Å². The smallest absolute Gasteiger partial charge is 0.0702 e. The van der Waals surface area contributed by atoms with Crippen LogP contribution in [-0.4, -0.2) is 31.3 Å². The third-order valence-corrected chi connectivity index (χ3v) is 4.86. The predicted molar refractivity (Wildman–Crippen MR) is 83.0 cm³/mol. The second-order valence-corrected chi connectivity index (χ2v) is 6.20. The lowest BCUT2D eigenvalue weighted by atomic mass is 9.73. The summed E-state index contributed by atoms with van der Waals surface area (Å²) < 4.78 is 6.07. The van der Waals surface area contributed by atoms with E-state index >= 15 is 0 Å². The van der Waals surface area contributed by atoms with Crippen molar-refractivity contribution in [2.24, 2.45) is 5.73 Å². The average Bonchev–Trinajstić information content (AvgIpc) is 2.47. The number of ether oxygens (including phenoxy) is 1. The largest absolute Gasteiger partial charge is 0.375 e. The molecule has 2 fully saturated rings. The number of anilines is 1. The molecule has 1 aliphatic heterocycles. The molecule has 1 aromatic rings. The van der Waals surface area contributed by atoms with Crippen molar-refractivity contribution in [2.75, 3.05) is 24.6 Å². The number of hydrogen-bond donors (Lipinski definition) is 1. The Morgan fingerprint density at radius 2 is 2.05 bits per heavy atom. The van der Waals surface area contributed by atoms with Crippen molar-refractivity contribution < 1.29 is 4.74 Å². The van der Waals surface area contributed by atoms with Gasteiger partial charge in [0, 0.05) is 24.9 Å². The minimum atomic E-state index is 0.207. The fraction of sp³-hybridized carbons (Fsp3) is 0.647. The van der Waals surface area contributed by atoms with Gasteiger partial charge in [0.15, 0.2) is 0 Å². The number of nitrogens with two attached hydrogens (primary N) is 1. The monoisotopic (exact) mass is 274 g/mol. The van der Waals surface area contributed by atoms with Gasteiger partial charge in [0.05, 0.1) is 5.60 Å². The first-order chi connectivity index (χ1) is 9.83. The Morgan fingerprint density at radius 1 is 1.25 bits per heavy atom. The summed E-state index contributed by atoms with van der Waals surface area (Å²) in [5.74, 6) is 0. The third kappa shape index (κ3) is 2.84. The van der Waals surface area contributed by atoms with Crippen molar-refractivity contribution >= 4 is 5.69 Å². The van der Waals surface area contributed by atoms with Gasteiger partial charge in [-0.25, -0.2) is 0 Å². The molecule has 2 aliphatic rings.